The Balaban J connectivity index is 2.04. The standard InChI is InChI=1S/C13H15N3OS/c18-13-15-14-12(10-5-4-8-17-9-10)16(13)11-6-2-1-3-7-11/h1-3,6-7,10H,4-5,8-9H2,(H,15,18). The Morgan fingerprint density at radius 1 is 1.33 bits per heavy atom. The van der Waals surface area contributed by atoms with Gasteiger partial charge in [0.05, 0.1) is 6.61 Å². The highest BCUT2D eigenvalue weighted by Crippen LogP contribution is 2.25. The minimum absolute atomic E-state index is 0.326. The average molecular weight is 261 g/mol. The lowest BCUT2D eigenvalue weighted by molar-refractivity contribution is 0.0775. The molecule has 2 heterocycles. The van der Waals surface area contributed by atoms with Gasteiger partial charge in [-0.1, -0.05) is 18.2 Å². The summed E-state index contributed by atoms with van der Waals surface area (Å²) in [4.78, 5) is 0. The molecule has 1 aliphatic heterocycles. The second-order valence-electron chi connectivity index (χ2n) is 4.47. The van der Waals surface area contributed by atoms with Crippen molar-refractivity contribution in [1.29, 1.82) is 0 Å². The molecule has 1 fully saturated rings. The van der Waals surface area contributed by atoms with E-state index in [2.05, 4.69) is 10.2 Å². The van der Waals surface area contributed by atoms with E-state index in [1.165, 1.54) is 0 Å². The van der Waals surface area contributed by atoms with Crippen molar-refractivity contribution in [3.8, 4) is 5.69 Å². The third-order valence-electron chi connectivity index (χ3n) is 3.24. The summed E-state index contributed by atoms with van der Waals surface area (Å²) in [6, 6.07) is 10.1. The number of aromatic nitrogens is 3. The van der Waals surface area contributed by atoms with Gasteiger partial charge in [0.1, 0.15) is 5.82 Å². The number of nitrogens with one attached hydrogen (secondary N) is 1. The van der Waals surface area contributed by atoms with Crippen LogP contribution in [-0.2, 0) is 4.74 Å². The maximum Gasteiger partial charge on any atom is 0.199 e. The first kappa shape index (κ1) is 11.6. The maximum absolute atomic E-state index is 5.54. The van der Waals surface area contributed by atoms with Crippen molar-refractivity contribution in [3.05, 3.63) is 40.9 Å². The number of ether oxygens (including phenoxy) is 1. The first-order valence-corrected chi connectivity index (χ1v) is 6.57. The molecule has 0 amide bonds. The van der Waals surface area contributed by atoms with Crippen LogP contribution in [0.15, 0.2) is 30.3 Å². The number of H-pyrrole nitrogens is 1. The normalized spacial score (nSPS) is 19.9. The molecule has 1 aromatic heterocycles. The van der Waals surface area contributed by atoms with E-state index in [1.807, 2.05) is 34.9 Å². The molecule has 1 aromatic carbocycles. The van der Waals surface area contributed by atoms with Gasteiger partial charge < -0.3 is 4.74 Å². The summed E-state index contributed by atoms with van der Waals surface area (Å²) in [5.74, 6) is 1.30. The van der Waals surface area contributed by atoms with Gasteiger partial charge in [0.25, 0.3) is 0 Å². The topological polar surface area (TPSA) is 42.8 Å². The number of hydrogen-bond acceptors (Lipinski definition) is 3. The Labute approximate surface area is 111 Å². The zero-order chi connectivity index (χ0) is 12.4. The molecule has 18 heavy (non-hydrogen) atoms. The van der Waals surface area contributed by atoms with Crippen LogP contribution in [0.3, 0.4) is 0 Å². The Hall–Kier alpha value is -1.46. The van der Waals surface area contributed by atoms with E-state index in [1.54, 1.807) is 0 Å². The zero-order valence-corrected chi connectivity index (χ0v) is 10.8. The predicted octanol–water partition coefficient (Wildman–Crippen LogP) is 2.82. The smallest absolute Gasteiger partial charge is 0.199 e. The van der Waals surface area contributed by atoms with Gasteiger partial charge in [-0.15, -0.1) is 0 Å². The quantitative estimate of drug-likeness (QED) is 0.845. The number of para-hydroxylation sites is 1. The number of nitrogens with zero attached hydrogens (tertiary/aromatic N) is 2. The molecule has 1 aliphatic rings. The lowest BCUT2D eigenvalue weighted by Gasteiger charge is -2.21. The van der Waals surface area contributed by atoms with Crippen molar-refractivity contribution >= 4 is 12.2 Å². The third kappa shape index (κ3) is 2.11. The van der Waals surface area contributed by atoms with E-state index in [4.69, 9.17) is 17.0 Å². The molecule has 1 atom stereocenters. The third-order valence-corrected chi connectivity index (χ3v) is 3.51. The summed E-state index contributed by atoms with van der Waals surface area (Å²) < 4.78 is 8.18. The summed E-state index contributed by atoms with van der Waals surface area (Å²) in [7, 11) is 0. The van der Waals surface area contributed by atoms with Crippen LogP contribution < -0.4 is 0 Å². The molecule has 1 N–H and O–H groups in total. The molecule has 1 unspecified atom stereocenters. The fraction of sp³-hybridized carbons (Fsp3) is 0.385. The van der Waals surface area contributed by atoms with Gasteiger partial charge in [-0.2, -0.15) is 5.10 Å². The first-order valence-electron chi connectivity index (χ1n) is 6.17. The van der Waals surface area contributed by atoms with E-state index < -0.39 is 0 Å². The second kappa shape index (κ2) is 5.04. The largest absolute Gasteiger partial charge is 0.381 e. The molecule has 4 nitrogen and oxygen atoms in total. The summed E-state index contributed by atoms with van der Waals surface area (Å²) in [5.41, 5.74) is 1.05. The molecule has 2 aromatic rings. The molecule has 0 bridgehead atoms. The predicted molar refractivity (Wildman–Crippen MR) is 71.5 cm³/mol. The average Bonchev–Trinajstić information content (AvgIpc) is 2.83. The van der Waals surface area contributed by atoms with Crippen LogP contribution in [0.25, 0.3) is 5.69 Å². The Morgan fingerprint density at radius 3 is 2.89 bits per heavy atom. The van der Waals surface area contributed by atoms with Crippen molar-refractivity contribution in [3.63, 3.8) is 0 Å². The zero-order valence-electron chi connectivity index (χ0n) is 10.0. The lowest BCUT2D eigenvalue weighted by Crippen LogP contribution is -2.19. The first-order chi connectivity index (χ1) is 8.86. The van der Waals surface area contributed by atoms with Crippen molar-refractivity contribution in [1.82, 2.24) is 14.8 Å². The van der Waals surface area contributed by atoms with Crippen LogP contribution in [0.1, 0.15) is 24.6 Å². The van der Waals surface area contributed by atoms with Gasteiger partial charge >= 0.3 is 0 Å². The highest BCUT2D eigenvalue weighted by Gasteiger charge is 2.22. The summed E-state index contributed by atoms with van der Waals surface area (Å²) in [6.07, 6.45) is 2.19. The van der Waals surface area contributed by atoms with Crippen LogP contribution >= 0.6 is 12.2 Å². The number of benzene rings is 1. The molecule has 94 valence electrons. The van der Waals surface area contributed by atoms with Crippen LogP contribution in [0.2, 0.25) is 0 Å². The molecular weight excluding hydrogens is 246 g/mol. The fourth-order valence-electron chi connectivity index (χ4n) is 2.35. The molecule has 3 rings (SSSR count). The van der Waals surface area contributed by atoms with Crippen molar-refractivity contribution in [2.45, 2.75) is 18.8 Å². The minimum Gasteiger partial charge on any atom is -0.381 e. The van der Waals surface area contributed by atoms with Crippen LogP contribution in [0.5, 0.6) is 0 Å². The van der Waals surface area contributed by atoms with Crippen LogP contribution in [0, 0.1) is 4.77 Å². The van der Waals surface area contributed by atoms with E-state index in [0.29, 0.717) is 10.7 Å². The fourth-order valence-corrected chi connectivity index (χ4v) is 2.60. The van der Waals surface area contributed by atoms with Gasteiger partial charge in [0.2, 0.25) is 0 Å². The van der Waals surface area contributed by atoms with E-state index in [9.17, 15) is 0 Å². The lowest BCUT2D eigenvalue weighted by atomic mass is 10.0. The van der Waals surface area contributed by atoms with E-state index in [0.717, 1.165) is 37.6 Å². The van der Waals surface area contributed by atoms with Crippen molar-refractivity contribution < 1.29 is 4.74 Å². The Kier molecular flexibility index (Phi) is 3.25. The minimum atomic E-state index is 0.326. The number of rotatable bonds is 2. The Bertz CT molecular complexity index is 569. The highest BCUT2D eigenvalue weighted by atomic mass is 32.1. The van der Waals surface area contributed by atoms with Gasteiger partial charge in [0.15, 0.2) is 4.77 Å². The van der Waals surface area contributed by atoms with Gasteiger partial charge in [-0.3, -0.25) is 9.67 Å². The number of hydrogen-bond donors (Lipinski definition) is 1. The SMILES string of the molecule is S=c1[nH]nc(C2CCCOC2)n1-c1ccccc1. The molecule has 0 saturated carbocycles. The van der Waals surface area contributed by atoms with Crippen LogP contribution in [0.4, 0.5) is 0 Å². The molecular formula is C13H15N3OS. The van der Waals surface area contributed by atoms with Crippen molar-refractivity contribution in [2.24, 2.45) is 0 Å². The molecule has 0 aliphatic carbocycles. The summed E-state index contributed by atoms with van der Waals surface area (Å²) >= 11 is 5.33. The number of aromatic amines is 1. The van der Waals surface area contributed by atoms with Crippen LogP contribution in [-0.4, -0.2) is 28.0 Å². The maximum atomic E-state index is 5.54. The summed E-state index contributed by atoms with van der Waals surface area (Å²) in [5, 5.41) is 7.27. The van der Waals surface area contributed by atoms with Gasteiger partial charge in [-0.05, 0) is 37.2 Å². The molecule has 5 heteroatoms. The molecule has 0 spiro atoms. The molecule has 0 radical (unpaired) electrons. The van der Waals surface area contributed by atoms with Gasteiger partial charge in [-0.25, -0.2) is 0 Å². The van der Waals surface area contributed by atoms with E-state index >= 15 is 0 Å². The van der Waals surface area contributed by atoms with E-state index in [-0.39, 0.29) is 0 Å². The summed E-state index contributed by atoms with van der Waals surface area (Å²) in [6.45, 7) is 1.58. The highest BCUT2D eigenvalue weighted by molar-refractivity contribution is 7.71. The van der Waals surface area contributed by atoms with Gasteiger partial charge in [0, 0.05) is 18.2 Å². The van der Waals surface area contributed by atoms with Crippen molar-refractivity contribution in [2.75, 3.05) is 13.2 Å². The second-order valence-corrected chi connectivity index (χ2v) is 4.86. The monoisotopic (exact) mass is 261 g/mol. The Morgan fingerprint density at radius 2 is 2.17 bits per heavy atom. The molecule has 1 saturated heterocycles.